The normalized spacial score (nSPS) is 17.6. The maximum Gasteiger partial charge on any atom is 0.192 e. The molecule has 0 aliphatic carbocycles. The van der Waals surface area contributed by atoms with Crippen LogP contribution >= 0.6 is 0 Å². The fraction of sp³-hybridized carbons (Fsp3) is 1.00. The van der Waals surface area contributed by atoms with Crippen LogP contribution in [0, 0.1) is 0 Å². The summed E-state index contributed by atoms with van der Waals surface area (Å²) < 4.78 is 6.32. The van der Waals surface area contributed by atoms with Gasteiger partial charge in [0, 0.05) is 6.04 Å². The Hall–Kier alpha value is 0.137. The van der Waals surface area contributed by atoms with Crippen LogP contribution in [-0.4, -0.2) is 27.5 Å². The van der Waals surface area contributed by atoms with Gasteiger partial charge in [-0.2, -0.15) is 0 Å². The van der Waals surface area contributed by atoms with Crippen LogP contribution in [0.3, 0.4) is 0 Å². The van der Waals surface area contributed by atoms with Crippen molar-refractivity contribution in [3.8, 4) is 0 Å². The van der Waals surface area contributed by atoms with Gasteiger partial charge in [-0.1, -0.05) is 27.7 Å². The van der Waals surface area contributed by atoms with Crippen LogP contribution in [-0.2, 0) is 4.43 Å². The van der Waals surface area contributed by atoms with E-state index in [9.17, 15) is 0 Å². The summed E-state index contributed by atoms with van der Waals surface area (Å²) in [5.74, 6) is 0. The van der Waals surface area contributed by atoms with Crippen LogP contribution in [0.2, 0.25) is 18.1 Å². The minimum atomic E-state index is -1.60. The molecule has 0 saturated carbocycles. The van der Waals surface area contributed by atoms with Crippen molar-refractivity contribution in [1.29, 1.82) is 0 Å². The second-order valence-electron chi connectivity index (χ2n) is 5.89. The molecular formula is C12H29NOSi. The lowest BCUT2D eigenvalue weighted by atomic mass is 10.1. The molecule has 0 aliphatic heterocycles. The average molecular weight is 231 g/mol. The van der Waals surface area contributed by atoms with Gasteiger partial charge in [-0.05, 0) is 38.5 Å². The molecule has 1 N–H and O–H groups in total. The zero-order valence-electron chi connectivity index (χ0n) is 11.8. The van der Waals surface area contributed by atoms with Gasteiger partial charge >= 0.3 is 0 Å². The van der Waals surface area contributed by atoms with E-state index in [2.05, 4.69) is 53.0 Å². The molecule has 0 aromatic heterocycles. The SMILES string of the molecule is CC[C@H](NC)[C@H](C)O[Si](C)(C)C(C)(C)C. The molecule has 0 saturated heterocycles. The molecule has 15 heavy (non-hydrogen) atoms. The van der Waals surface area contributed by atoms with Crippen molar-refractivity contribution in [3.05, 3.63) is 0 Å². The predicted molar refractivity (Wildman–Crippen MR) is 70.9 cm³/mol. The van der Waals surface area contributed by atoms with E-state index in [0.717, 1.165) is 6.42 Å². The second kappa shape index (κ2) is 5.46. The standard InChI is InChI=1S/C12H29NOSi/c1-9-11(13-6)10(2)14-15(7,8)12(3,4)5/h10-11,13H,9H2,1-8H3/t10-,11-/m0/s1. The zero-order valence-corrected chi connectivity index (χ0v) is 12.8. The zero-order chi connectivity index (χ0) is 12.3. The van der Waals surface area contributed by atoms with Crippen molar-refractivity contribution in [2.75, 3.05) is 7.05 Å². The number of likely N-dealkylation sites (N-methyl/N-ethyl adjacent to an activating group) is 1. The van der Waals surface area contributed by atoms with Gasteiger partial charge in [-0.3, -0.25) is 0 Å². The van der Waals surface area contributed by atoms with Gasteiger partial charge in [0.1, 0.15) is 0 Å². The highest BCUT2D eigenvalue weighted by Gasteiger charge is 2.39. The minimum absolute atomic E-state index is 0.299. The highest BCUT2D eigenvalue weighted by molar-refractivity contribution is 6.74. The molecule has 3 heteroatoms. The first kappa shape index (κ1) is 15.1. The van der Waals surface area contributed by atoms with Crippen molar-refractivity contribution in [2.45, 2.75) is 71.3 Å². The first-order valence-corrected chi connectivity index (χ1v) is 8.91. The van der Waals surface area contributed by atoms with Gasteiger partial charge in [0.25, 0.3) is 0 Å². The lowest BCUT2D eigenvalue weighted by Crippen LogP contribution is -2.48. The molecule has 0 amide bonds. The Kier molecular flexibility index (Phi) is 5.51. The van der Waals surface area contributed by atoms with Crippen LogP contribution in [0.25, 0.3) is 0 Å². The quantitative estimate of drug-likeness (QED) is 0.732. The average Bonchev–Trinajstić information content (AvgIpc) is 2.03. The van der Waals surface area contributed by atoms with E-state index in [1.165, 1.54) is 0 Å². The molecule has 0 spiro atoms. The Bertz CT molecular complexity index is 183. The number of hydrogen-bond acceptors (Lipinski definition) is 2. The van der Waals surface area contributed by atoms with Crippen LogP contribution in [0.15, 0.2) is 0 Å². The van der Waals surface area contributed by atoms with Gasteiger partial charge in [0.15, 0.2) is 8.32 Å². The Labute approximate surface area is 96.9 Å². The summed E-state index contributed by atoms with van der Waals surface area (Å²) in [6, 6.07) is 0.471. The van der Waals surface area contributed by atoms with E-state index in [4.69, 9.17) is 4.43 Å². The Morgan fingerprint density at radius 3 is 2.00 bits per heavy atom. The van der Waals surface area contributed by atoms with Crippen molar-refractivity contribution < 1.29 is 4.43 Å². The number of rotatable bonds is 5. The number of nitrogens with one attached hydrogen (secondary N) is 1. The molecule has 0 bridgehead atoms. The fourth-order valence-electron chi connectivity index (χ4n) is 1.49. The fourth-order valence-corrected chi connectivity index (χ4v) is 2.94. The number of hydrogen-bond donors (Lipinski definition) is 1. The van der Waals surface area contributed by atoms with Crippen LogP contribution in [0.1, 0.15) is 41.0 Å². The van der Waals surface area contributed by atoms with Crippen molar-refractivity contribution in [2.24, 2.45) is 0 Å². The monoisotopic (exact) mass is 231 g/mol. The predicted octanol–water partition coefficient (Wildman–Crippen LogP) is 3.39. The topological polar surface area (TPSA) is 21.3 Å². The van der Waals surface area contributed by atoms with E-state index in [0.29, 0.717) is 17.2 Å². The first-order valence-electron chi connectivity index (χ1n) is 6.00. The maximum atomic E-state index is 6.32. The first-order chi connectivity index (χ1) is 6.65. The van der Waals surface area contributed by atoms with E-state index < -0.39 is 8.32 Å². The summed E-state index contributed by atoms with van der Waals surface area (Å²) in [5, 5.41) is 3.62. The van der Waals surface area contributed by atoms with Gasteiger partial charge in [0.05, 0.1) is 6.10 Å². The third kappa shape index (κ3) is 4.25. The van der Waals surface area contributed by atoms with Crippen molar-refractivity contribution in [1.82, 2.24) is 5.32 Å². The molecule has 0 radical (unpaired) electrons. The summed E-state index contributed by atoms with van der Waals surface area (Å²) in [4.78, 5) is 0. The molecule has 0 fully saturated rings. The highest BCUT2D eigenvalue weighted by atomic mass is 28.4. The summed E-state index contributed by atoms with van der Waals surface area (Å²) >= 11 is 0. The molecule has 0 aliphatic rings. The Morgan fingerprint density at radius 1 is 1.27 bits per heavy atom. The molecule has 92 valence electrons. The van der Waals surface area contributed by atoms with Gasteiger partial charge < -0.3 is 9.74 Å². The minimum Gasteiger partial charge on any atom is -0.413 e. The second-order valence-corrected chi connectivity index (χ2v) is 10.6. The third-order valence-electron chi connectivity index (χ3n) is 3.66. The molecule has 0 heterocycles. The maximum absolute atomic E-state index is 6.32. The lowest BCUT2D eigenvalue weighted by molar-refractivity contribution is 0.154. The summed E-state index contributed by atoms with van der Waals surface area (Å²) in [7, 11) is 0.410. The van der Waals surface area contributed by atoms with E-state index >= 15 is 0 Å². The third-order valence-corrected chi connectivity index (χ3v) is 8.24. The molecular weight excluding hydrogens is 202 g/mol. The van der Waals surface area contributed by atoms with Crippen LogP contribution in [0.5, 0.6) is 0 Å². The largest absolute Gasteiger partial charge is 0.413 e. The smallest absolute Gasteiger partial charge is 0.192 e. The lowest BCUT2D eigenvalue weighted by Gasteiger charge is -2.40. The summed E-state index contributed by atoms with van der Waals surface area (Å²) in [6.45, 7) is 15.9. The van der Waals surface area contributed by atoms with Crippen molar-refractivity contribution in [3.63, 3.8) is 0 Å². The summed E-state index contributed by atoms with van der Waals surface area (Å²) in [5.41, 5.74) is 0. The summed E-state index contributed by atoms with van der Waals surface area (Å²) in [6.07, 6.45) is 1.42. The van der Waals surface area contributed by atoms with Crippen LogP contribution < -0.4 is 5.32 Å². The van der Waals surface area contributed by atoms with Crippen LogP contribution in [0.4, 0.5) is 0 Å². The molecule has 0 aromatic carbocycles. The Balaban J connectivity index is 4.45. The molecule has 0 rings (SSSR count). The molecule has 2 atom stereocenters. The molecule has 2 nitrogen and oxygen atoms in total. The van der Waals surface area contributed by atoms with Crippen molar-refractivity contribution >= 4 is 8.32 Å². The van der Waals surface area contributed by atoms with E-state index in [-0.39, 0.29) is 0 Å². The van der Waals surface area contributed by atoms with Gasteiger partial charge in [0.2, 0.25) is 0 Å². The Morgan fingerprint density at radius 2 is 1.73 bits per heavy atom. The van der Waals surface area contributed by atoms with E-state index in [1.54, 1.807) is 0 Å². The van der Waals surface area contributed by atoms with E-state index in [1.807, 2.05) is 7.05 Å². The van der Waals surface area contributed by atoms with Gasteiger partial charge in [-0.15, -0.1) is 0 Å². The molecule has 0 aromatic rings. The highest BCUT2D eigenvalue weighted by Crippen LogP contribution is 2.37. The molecule has 0 unspecified atom stereocenters. The van der Waals surface area contributed by atoms with Gasteiger partial charge in [-0.25, -0.2) is 0 Å².